The molecule has 0 aromatic heterocycles. The second kappa shape index (κ2) is 19.3. The SMILES string of the molecule is CC[C@H](NC(=O)CCCCCNC(=O)[C@@H](NC(=O)[C@H](CCCCN)NC(=O)c1cc(O)ccc1O)[C@@H](C)CC)C(=O)O. The summed E-state index contributed by atoms with van der Waals surface area (Å²) in [4.78, 5) is 62.1. The van der Waals surface area contributed by atoms with Gasteiger partial charge in [0.2, 0.25) is 17.7 Å². The Morgan fingerprint density at radius 2 is 1.57 bits per heavy atom. The number of nitrogens with one attached hydrogen (secondary N) is 4. The molecule has 13 heteroatoms. The smallest absolute Gasteiger partial charge is 0.326 e. The van der Waals surface area contributed by atoms with E-state index in [1.807, 2.05) is 13.8 Å². The number of aliphatic carboxylic acids is 1. The molecule has 236 valence electrons. The first kappa shape index (κ1) is 36.2. The fraction of sp³-hybridized carbons (Fsp3) is 0.621. The lowest BCUT2D eigenvalue weighted by Crippen LogP contribution is -2.55. The lowest BCUT2D eigenvalue weighted by Gasteiger charge is -2.26. The van der Waals surface area contributed by atoms with Gasteiger partial charge in [-0.25, -0.2) is 4.79 Å². The zero-order chi connectivity index (χ0) is 31.7. The van der Waals surface area contributed by atoms with Crippen molar-refractivity contribution in [2.24, 2.45) is 11.7 Å². The van der Waals surface area contributed by atoms with Crippen LogP contribution in [0.15, 0.2) is 18.2 Å². The number of aromatic hydroxyl groups is 2. The Morgan fingerprint density at radius 1 is 0.857 bits per heavy atom. The summed E-state index contributed by atoms with van der Waals surface area (Å²) in [6.07, 6.45) is 4.23. The van der Waals surface area contributed by atoms with Crippen LogP contribution in [-0.2, 0) is 19.2 Å². The Morgan fingerprint density at radius 3 is 2.19 bits per heavy atom. The maximum absolute atomic E-state index is 13.3. The van der Waals surface area contributed by atoms with Crippen molar-refractivity contribution < 1.29 is 39.3 Å². The summed E-state index contributed by atoms with van der Waals surface area (Å²) < 4.78 is 0. The number of amides is 4. The Labute approximate surface area is 247 Å². The Kier molecular flexibility index (Phi) is 16.6. The molecule has 0 aliphatic heterocycles. The minimum Gasteiger partial charge on any atom is -0.508 e. The molecule has 0 fully saturated rings. The average molecular weight is 594 g/mol. The Hall–Kier alpha value is -3.87. The summed E-state index contributed by atoms with van der Waals surface area (Å²) in [5.74, 6) is -3.87. The quantitative estimate of drug-likeness (QED) is 0.0810. The van der Waals surface area contributed by atoms with Gasteiger partial charge in [-0.3, -0.25) is 19.2 Å². The standard InChI is InChI=1S/C29H47N5O8/c1-4-18(3)25(28(40)31-16-10-6-7-12-24(37)32-21(5-2)29(41)42)34-27(39)22(11-8-9-15-30)33-26(38)20-17-19(35)13-14-23(20)36/h13-14,17-18,21-22,25,35-36H,4-12,15-16,30H2,1-3H3,(H,31,40)(H,32,37)(H,33,38)(H,34,39)(H,41,42)/t18-,21-,22-,25-/m0/s1. The van der Waals surface area contributed by atoms with Crippen molar-refractivity contribution in [1.29, 1.82) is 0 Å². The van der Waals surface area contributed by atoms with Crippen LogP contribution in [0.3, 0.4) is 0 Å². The number of carbonyl (C=O) groups is 5. The van der Waals surface area contributed by atoms with Gasteiger partial charge in [0, 0.05) is 13.0 Å². The largest absolute Gasteiger partial charge is 0.508 e. The molecule has 0 saturated heterocycles. The van der Waals surface area contributed by atoms with E-state index < -0.39 is 35.9 Å². The van der Waals surface area contributed by atoms with Crippen molar-refractivity contribution >= 4 is 29.6 Å². The van der Waals surface area contributed by atoms with E-state index in [0.717, 1.165) is 6.07 Å². The van der Waals surface area contributed by atoms with Crippen LogP contribution in [0.4, 0.5) is 0 Å². The van der Waals surface area contributed by atoms with Crippen LogP contribution in [0, 0.1) is 5.92 Å². The minimum absolute atomic E-state index is 0.181. The minimum atomic E-state index is -1.07. The van der Waals surface area contributed by atoms with Crippen molar-refractivity contribution in [3.8, 4) is 11.5 Å². The Balaban J connectivity index is 2.73. The first-order valence-corrected chi connectivity index (χ1v) is 14.6. The van der Waals surface area contributed by atoms with Gasteiger partial charge in [-0.1, -0.05) is 33.6 Å². The molecule has 1 rings (SSSR count). The van der Waals surface area contributed by atoms with Gasteiger partial charge in [0.15, 0.2) is 0 Å². The number of rotatable bonds is 20. The highest BCUT2D eigenvalue weighted by molar-refractivity contribution is 6.00. The lowest BCUT2D eigenvalue weighted by atomic mass is 9.97. The summed E-state index contributed by atoms with van der Waals surface area (Å²) >= 11 is 0. The van der Waals surface area contributed by atoms with E-state index in [2.05, 4.69) is 21.3 Å². The molecule has 13 nitrogen and oxygen atoms in total. The van der Waals surface area contributed by atoms with E-state index >= 15 is 0 Å². The normalized spacial score (nSPS) is 13.7. The summed E-state index contributed by atoms with van der Waals surface area (Å²) in [6.45, 7) is 6.12. The number of benzene rings is 1. The molecule has 0 bridgehead atoms. The molecule has 0 unspecified atom stereocenters. The highest BCUT2D eigenvalue weighted by Gasteiger charge is 2.30. The van der Waals surface area contributed by atoms with Crippen LogP contribution in [0.25, 0.3) is 0 Å². The van der Waals surface area contributed by atoms with E-state index in [1.165, 1.54) is 12.1 Å². The summed E-state index contributed by atoms with van der Waals surface area (Å²) in [5.41, 5.74) is 5.39. The van der Waals surface area contributed by atoms with Crippen LogP contribution in [0.5, 0.6) is 11.5 Å². The van der Waals surface area contributed by atoms with Crippen molar-refractivity contribution in [3.63, 3.8) is 0 Å². The molecule has 0 radical (unpaired) electrons. The molecular weight excluding hydrogens is 546 g/mol. The molecule has 4 amide bonds. The number of hydrogen-bond donors (Lipinski definition) is 8. The zero-order valence-corrected chi connectivity index (χ0v) is 24.8. The molecule has 0 saturated carbocycles. The maximum atomic E-state index is 13.3. The van der Waals surface area contributed by atoms with Crippen LogP contribution >= 0.6 is 0 Å². The number of phenols is 2. The number of hydrogen-bond acceptors (Lipinski definition) is 8. The molecule has 0 aliphatic carbocycles. The van der Waals surface area contributed by atoms with E-state index in [-0.39, 0.29) is 47.6 Å². The number of carbonyl (C=O) groups excluding carboxylic acids is 4. The van der Waals surface area contributed by atoms with Gasteiger partial charge in [0.1, 0.15) is 29.6 Å². The molecule has 9 N–H and O–H groups in total. The number of carboxylic acid groups (broad SMARTS) is 1. The maximum Gasteiger partial charge on any atom is 0.326 e. The number of carboxylic acids is 1. The number of phenolic OH excluding ortho intramolecular Hbond substituents is 2. The van der Waals surface area contributed by atoms with Crippen molar-refractivity contribution in [3.05, 3.63) is 23.8 Å². The van der Waals surface area contributed by atoms with Crippen LogP contribution in [0.1, 0.15) is 88.9 Å². The number of unbranched alkanes of at least 4 members (excludes halogenated alkanes) is 3. The topological polar surface area (TPSA) is 220 Å². The second-order valence-electron chi connectivity index (χ2n) is 10.4. The molecule has 0 spiro atoms. The van der Waals surface area contributed by atoms with Gasteiger partial charge in [-0.2, -0.15) is 0 Å². The zero-order valence-electron chi connectivity index (χ0n) is 24.8. The van der Waals surface area contributed by atoms with Gasteiger partial charge < -0.3 is 42.3 Å². The molecule has 0 heterocycles. The highest BCUT2D eigenvalue weighted by atomic mass is 16.4. The molecule has 0 aliphatic rings. The van der Waals surface area contributed by atoms with Gasteiger partial charge >= 0.3 is 5.97 Å². The summed E-state index contributed by atoms with van der Waals surface area (Å²) in [7, 11) is 0. The second-order valence-corrected chi connectivity index (χ2v) is 10.4. The third-order valence-electron chi connectivity index (χ3n) is 7.01. The van der Waals surface area contributed by atoms with E-state index in [9.17, 15) is 34.2 Å². The van der Waals surface area contributed by atoms with E-state index in [1.54, 1.807) is 6.92 Å². The molecule has 1 aromatic carbocycles. The van der Waals surface area contributed by atoms with Crippen molar-refractivity contribution in [2.75, 3.05) is 13.1 Å². The summed E-state index contributed by atoms with van der Waals surface area (Å²) in [6, 6.07) is 0.722. The van der Waals surface area contributed by atoms with E-state index in [0.29, 0.717) is 58.0 Å². The third-order valence-corrected chi connectivity index (χ3v) is 7.01. The number of nitrogens with two attached hydrogens (primary N) is 1. The first-order chi connectivity index (χ1) is 19.9. The molecule has 1 aromatic rings. The third kappa shape index (κ3) is 12.8. The van der Waals surface area contributed by atoms with Crippen LogP contribution < -0.4 is 27.0 Å². The van der Waals surface area contributed by atoms with Crippen LogP contribution in [0.2, 0.25) is 0 Å². The fourth-order valence-corrected chi connectivity index (χ4v) is 4.17. The lowest BCUT2D eigenvalue weighted by molar-refractivity contribution is -0.141. The predicted octanol–water partition coefficient (Wildman–Crippen LogP) is 1.51. The van der Waals surface area contributed by atoms with Crippen molar-refractivity contribution in [2.45, 2.75) is 96.7 Å². The fourth-order valence-electron chi connectivity index (χ4n) is 4.17. The van der Waals surface area contributed by atoms with Crippen LogP contribution in [-0.4, -0.2) is 76.1 Å². The molecule has 4 atom stereocenters. The van der Waals surface area contributed by atoms with E-state index in [4.69, 9.17) is 10.8 Å². The highest BCUT2D eigenvalue weighted by Crippen LogP contribution is 2.22. The monoisotopic (exact) mass is 593 g/mol. The molecular formula is C29H47N5O8. The van der Waals surface area contributed by atoms with Gasteiger partial charge in [-0.15, -0.1) is 0 Å². The van der Waals surface area contributed by atoms with Gasteiger partial charge in [0.05, 0.1) is 5.56 Å². The van der Waals surface area contributed by atoms with Gasteiger partial charge in [0.25, 0.3) is 5.91 Å². The van der Waals surface area contributed by atoms with Gasteiger partial charge in [-0.05, 0) is 69.2 Å². The average Bonchev–Trinajstić information content (AvgIpc) is 2.96. The first-order valence-electron chi connectivity index (χ1n) is 14.6. The van der Waals surface area contributed by atoms with Crippen molar-refractivity contribution in [1.82, 2.24) is 21.3 Å². The summed E-state index contributed by atoms with van der Waals surface area (Å²) in [5, 5.41) is 39.4. The Bertz CT molecular complexity index is 1050. The molecule has 42 heavy (non-hydrogen) atoms. The predicted molar refractivity (Wildman–Crippen MR) is 157 cm³/mol.